The van der Waals surface area contributed by atoms with Crippen molar-refractivity contribution in [3.8, 4) is 0 Å². The molecule has 32 heavy (non-hydrogen) atoms. The third-order valence-electron chi connectivity index (χ3n) is 5.51. The quantitative estimate of drug-likeness (QED) is 0.609. The van der Waals surface area contributed by atoms with E-state index in [0.717, 1.165) is 16.5 Å². The lowest BCUT2D eigenvalue weighted by Gasteiger charge is -2.36. The lowest BCUT2D eigenvalue weighted by molar-refractivity contribution is -0.149. The van der Waals surface area contributed by atoms with Gasteiger partial charge in [0, 0.05) is 16.9 Å². The van der Waals surface area contributed by atoms with E-state index >= 15 is 0 Å². The van der Waals surface area contributed by atoms with E-state index in [-0.39, 0.29) is 23.8 Å². The number of alkyl carbamates (subject to hydrolysis) is 1. The van der Waals surface area contributed by atoms with Crippen LogP contribution in [0.3, 0.4) is 0 Å². The van der Waals surface area contributed by atoms with E-state index in [9.17, 15) is 14.4 Å². The number of esters is 1. The van der Waals surface area contributed by atoms with Crippen molar-refractivity contribution < 1.29 is 23.9 Å². The second kappa shape index (κ2) is 9.63. The van der Waals surface area contributed by atoms with Gasteiger partial charge in [0.15, 0.2) is 0 Å². The van der Waals surface area contributed by atoms with Crippen LogP contribution in [0.1, 0.15) is 63.0 Å². The van der Waals surface area contributed by atoms with Gasteiger partial charge >= 0.3 is 12.1 Å². The van der Waals surface area contributed by atoms with Crippen LogP contribution in [0.4, 0.5) is 4.79 Å². The summed E-state index contributed by atoms with van der Waals surface area (Å²) in [5, 5.41) is 6.84. The summed E-state index contributed by atoms with van der Waals surface area (Å²) in [6.07, 6.45) is 0.902. The summed E-state index contributed by atoms with van der Waals surface area (Å²) in [7, 11) is 0. The molecule has 3 atom stereocenters. The zero-order valence-corrected chi connectivity index (χ0v) is 19.4. The Morgan fingerprint density at radius 3 is 2.53 bits per heavy atom. The van der Waals surface area contributed by atoms with Gasteiger partial charge in [0.1, 0.15) is 11.3 Å². The van der Waals surface area contributed by atoms with E-state index in [2.05, 4.69) is 15.6 Å². The topological polar surface area (TPSA) is 110 Å². The molecule has 1 fully saturated rings. The molecule has 1 heterocycles. The van der Waals surface area contributed by atoms with E-state index < -0.39 is 17.7 Å². The molecule has 2 aromatic rings. The highest BCUT2D eigenvalue weighted by atomic mass is 16.6. The Hall–Kier alpha value is -3.03. The predicted octanol–water partition coefficient (Wildman–Crippen LogP) is 3.83. The largest absolute Gasteiger partial charge is 0.466 e. The minimum Gasteiger partial charge on any atom is -0.466 e. The van der Waals surface area contributed by atoms with Crippen LogP contribution in [0, 0.1) is 12.8 Å². The van der Waals surface area contributed by atoms with Gasteiger partial charge in [-0.2, -0.15) is 0 Å². The molecule has 8 nitrogen and oxygen atoms in total. The molecule has 3 N–H and O–H groups in total. The van der Waals surface area contributed by atoms with Crippen molar-refractivity contribution in [3.05, 3.63) is 35.5 Å². The smallest absolute Gasteiger partial charge is 0.407 e. The molecule has 1 aromatic carbocycles. The van der Waals surface area contributed by atoms with Crippen molar-refractivity contribution >= 4 is 28.9 Å². The van der Waals surface area contributed by atoms with Gasteiger partial charge in [0.25, 0.3) is 5.91 Å². The highest BCUT2D eigenvalue weighted by Crippen LogP contribution is 2.27. The summed E-state index contributed by atoms with van der Waals surface area (Å²) >= 11 is 0. The number of carbonyl (C=O) groups excluding carboxylic acids is 3. The normalized spacial score (nSPS) is 21.1. The molecule has 0 aliphatic heterocycles. The second-order valence-electron chi connectivity index (χ2n) is 9.37. The first-order valence-electron chi connectivity index (χ1n) is 11.1. The van der Waals surface area contributed by atoms with Gasteiger partial charge in [0.05, 0.1) is 18.6 Å². The molecule has 0 saturated heterocycles. The lowest BCUT2D eigenvalue weighted by Crippen LogP contribution is -2.56. The number of fused-ring (bicyclic) bond motifs is 1. The number of ether oxygens (including phenoxy) is 2. The number of nitrogens with one attached hydrogen (secondary N) is 3. The Kier molecular flexibility index (Phi) is 7.11. The standard InChI is InChI=1S/C24H33N3O5/c1-6-31-22(29)15-8-10-18(19(12-15)27-23(30)32-24(3,4)5)26-21(28)20-13-16-11-14(2)7-9-17(16)25-20/h7,9,11,13,15,18-19,25H,6,8,10,12H2,1-5H3,(H,26,28)(H,27,30)/t15-,18+,19+/m0/s1. The van der Waals surface area contributed by atoms with E-state index in [1.807, 2.05) is 31.2 Å². The molecule has 8 heteroatoms. The fraction of sp³-hybridized carbons (Fsp3) is 0.542. The zero-order chi connectivity index (χ0) is 23.5. The maximum atomic E-state index is 13.0. The number of aryl methyl sites for hydroxylation is 1. The van der Waals surface area contributed by atoms with Crippen LogP contribution >= 0.6 is 0 Å². The van der Waals surface area contributed by atoms with Crippen LogP contribution < -0.4 is 10.6 Å². The summed E-state index contributed by atoms with van der Waals surface area (Å²) in [6.45, 7) is 9.42. The number of hydrogen-bond donors (Lipinski definition) is 3. The molecule has 2 amide bonds. The molecular formula is C24H33N3O5. The van der Waals surface area contributed by atoms with E-state index in [1.54, 1.807) is 27.7 Å². The molecule has 0 unspecified atom stereocenters. The van der Waals surface area contributed by atoms with Crippen LogP contribution in [0.5, 0.6) is 0 Å². The Morgan fingerprint density at radius 2 is 1.84 bits per heavy atom. The van der Waals surface area contributed by atoms with Gasteiger partial charge in [-0.1, -0.05) is 11.6 Å². The number of aromatic amines is 1. The van der Waals surface area contributed by atoms with E-state index in [4.69, 9.17) is 9.47 Å². The average molecular weight is 444 g/mol. The lowest BCUT2D eigenvalue weighted by atomic mass is 9.82. The first-order chi connectivity index (χ1) is 15.1. The Morgan fingerprint density at radius 1 is 1.09 bits per heavy atom. The summed E-state index contributed by atoms with van der Waals surface area (Å²) in [5.41, 5.74) is 1.80. The maximum Gasteiger partial charge on any atom is 0.407 e. The van der Waals surface area contributed by atoms with Gasteiger partial charge in [-0.25, -0.2) is 4.79 Å². The van der Waals surface area contributed by atoms with E-state index in [1.165, 1.54) is 0 Å². The van der Waals surface area contributed by atoms with Gasteiger partial charge in [-0.05, 0) is 72.1 Å². The van der Waals surface area contributed by atoms with Crippen LogP contribution in [-0.2, 0) is 14.3 Å². The highest BCUT2D eigenvalue weighted by Gasteiger charge is 2.37. The molecule has 3 rings (SSSR count). The monoisotopic (exact) mass is 443 g/mol. The third kappa shape index (κ3) is 6.02. The molecule has 174 valence electrons. The minimum atomic E-state index is -0.652. The molecule has 1 saturated carbocycles. The Labute approximate surface area is 188 Å². The maximum absolute atomic E-state index is 13.0. The molecule has 1 aromatic heterocycles. The summed E-state index contributed by atoms with van der Waals surface area (Å²) in [6, 6.07) is 6.96. The third-order valence-corrected chi connectivity index (χ3v) is 5.51. The summed E-state index contributed by atoms with van der Waals surface area (Å²) in [5.74, 6) is -0.868. The van der Waals surface area contributed by atoms with Gasteiger partial charge in [0.2, 0.25) is 0 Å². The van der Waals surface area contributed by atoms with Crippen LogP contribution in [0.2, 0.25) is 0 Å². The van der Waals surface area contributed by atoms with Gasteiger partial charge in [-0.15, -0.1) is 0 Å². The molecular weight excluding hydrogens is 410 g/mol. The molecule has 0 bridgehead atoms. The number of amides is 2. The van der Waals surface area contributed by atoms with E-state index in [0.29, 0.717) is 31.6 Å². The Bertz CT molecular complexity index is 991. The van der Waals surface area contributed by atoms with Gasteiger partial charge in [-0.3, -0.25) is 9.59 Å². The fourth-order valence-electron chi connectivity index (χ4n) is 4.06. The van der Waals surface area contributed by atoms with Crippen molar-refractivity contribution in [3.63, 3.8) is 0 Å². The molecule has 1 aliphatic rings. The number of H-pyrrole nitrogens is 1. The van der Waals surface area contributed by atoms with Crippen molar-refractivity contribution in [1.82, 2.24) is 15.6 Å². The Balaban J connectivity index is 1.74. The zero-order valence-electron chi connectivity index (χ0n) is 19.4. The first kappa shape index (κ1) is 23.6. The van der Waals surface area contributed by atoms with Crippen molar-refractivity contribution in [1.29, 1.82) is 0 Å². The van der Waals surface area contributed by atoms with Crippen LogP contribution in [0.15, 0.2) is 24.3 Å². The van der Waals surface area contributed by atoms with Crippen molar-refractivity contribution in [2.45, 2.75) is 71.6 Å². The average Bonchev–Trinajstić information content (AvgIpc) is 3.11. The molecule has 0 spiro atoms. The second-order valence-corrected chi connectivity index (χ2v) is 9.37. The number of benzene rings is 1. The molecule has 0 radical (unpaired) electrons. The number of rotatable bonds is 5. The van der Waals surface area contributed by atoms with Crippen LogP contribution in [-0.4, -0.2) is 47.2 Å². The van der Waals surface area contributed by atoms with Crippen LogP contribution in [0.25, 0.3) is 10.9 Å². The minimum absolute atomic E-state index is 0.255. The number of hydrogen-bond acceptors (Lipinski definition) is 5. The molecule has 1 aliphatic carbocycles. The van der Waals surface area contributed by atoms with Crippen molar-refractivity contribution in [2.75, 3.05) is 6.61 Å². The SMILES string of the molecule is CCOC(=O)[C@H]1CC[C@@H](NC(=O)c2cc3cc(C)ccc3[nH]2)[C@H](NC(=O)OC(C)(C)C)C1. The first-order valence-corrected chi connectivity index (χ1v) is 11.1. The van der Waals surface area contributed by atoms with Crippen molar-refractivity contribution in [2.24, 2.45) is 5.92 Å². The summed E-state index contributed by atoms with van der Waals surface area (Å²) < 4.78 is 10.6. The number of aromatic nitrogens is 1. The predicted molar refractivity (Wildman–Crippen MR) is 121 cm³/mol. The van der Waals surface area contributed by atoms with Gasteiger partial charge < -0.3 is 25.1 Å². The summed E-state index contributed by atoms with van der Waals surface area (Å²) in [4.78, 5) is 40.8. The number of carbonyl (C=O) groups is 3. The highest BCUT2D eigenvalue weighted by molar-refractivity contribution is 5.98. The fourth-order valence-corrected chi connectivity index (χ4v) is 4.06.